The number of nitrogens with one attached hydrogen (secondary N) is 1. The van der Waals surface area contributed by atoms with Crippen molar-refractivity contribution in [2.24, 2.45) is 5.92 Å². The Hall–Kier alpha value is -1.87. The summed E-state index contributed by atoms with van der Waals surface area (Å²) < 4.78 is 0. The number of fused-ring (bicyclic) bond motifs is 1. The molecule has 1 aromatic heterocycles. The van der Waals surface area contributed by atoms with Gasteiger partial charge < -0.3 is 5.32 Å². The Kier molecular flexibility index (Phi) is 3.70. The molecule has 20 heavy (non-hydrogen) atoms. The van der Waals surface area contributed by atoms with Crippen LogP contribution in [0.25, 0.3) is 22.0 Å². The van der Waals surface area contributed by atoms with Crippen LogP contribution >= 0.6 is 11.3 Å². The van der Waals surface area contributed by atoms with Crippen LogP contribution in [0.5, 0.6) is 0 Å². The summed E-state index contributed by atoms with van der Waals surface area (Å²) in [6, 6.07) is 14.9. The van der Waals surface area contributed by atoms with E-state index < -0.39 is 0 Å². The number of benzene rings is 2. The van der Waals surface area contributed by atoms with Gasteiger partial charge in [-0.05, 0) is 22.8 Å². The smallest absolute Gasteiger partial charge is 0.183 e. The van der Waals surface area contributed by atoms with E-state index in [0.29, 0.717) is 5.92 Å². The van der Waals surface area contributed by atoms with Crippen molar-refractivity contribution in [1.29, 1.82) is 0 Å². The quantitative estimate of drug-likeness (QED) is 0.726. The molecule has 3 aromatic rings. The van der Waals surface area contributed by atoms with Gasteiger partial charge in [-0.15, -0.1) is 11.3 Å². The van der Waals surface area contributed by atoms with E-state index in [1.165, 1.54) is 16.3 Å². The maximum absolute atomic E-state index is 4.67. The number of nitrogens with zero attached hydrogens (tertiary/aromatic N) is 1. The van der Waals surface area contributed by atoms with Gasteiger partial charge in [-0.25, -0.2) is 4.98 Å². The molecular formula is C17H18N2S. The molecule has 0 bridgehead atoms. The van der Waals surface area contributed by atoms with Crippen molar-refractivity contribution in [2.75, 3.05) is 11.9 Å². The molecule has 0 unspecified atom stereocenters. The first-order chi connectivity index (χ1) is 9.72. The van der Waals surface area contributed by atoms with Crippen molar-refractivity contribution in [3.05, 3.63) is 47.8 Å². The maximum atomic E-state index is 4.67. The van der Waals surface area contributed by atoms with Crippen LogP contribution in [0.2, 0.25) is 0 Å². The number of hydrogen-bond donors (Lipinski definition) is 1. The molecule has 0 radical (unpaired) electrons. The summed E-state index contributed by atoms with van der Waals surface area (Å²) in [4.78, 5) is 4.67. The number of rotatable bonds is 4. The molecule has 2 aromatic carbocycles. The van der Waals surface area contributed by atoms with E-state index in [1.807, 2.05) is 0 Å². The molecule has 1 N–H and O–H groups in total. The summed E-state index contributed by atoms with van der Waals surface area (Å²) in [6.07, 6.45) is 0. The third-order valence-electron chi connectivity index (χ3n) is 3.21. The predicted octanol–water partition coefficient (Wildman–Crippen LogP) is 5.03. The zero-order valence-corrected chi connectivity index (χ0v) is 12.6. The van der Waals surface area contributed by atoms with E-state index in [0.717, 1.165) is 17.4 Å². The Bertz CT molecular complexity index is 716. The Labute approximate surface area is 123 Å². The summed E-state index contributed by atoms with van der Waals surface area (Å²) in [5.74, 6) is 0.628. The van der Waals surface area contributed by atoms with Crippen LogP contribution in [-0.4, -0.2) is 11.5 Å². The van der Waals surface area contributed by atoms with Gasteiger partial charge in [0.1, 0.15) is 0 Å². The first kappa shape index (κ1) is 13.1. The maximum Gasteiger partial charge on any atom is 0.183 e. The number of hydrogen-bond acceptors (Lipinski definition) is 3. The lowest BCUT2D eigenvalue weighted by atomic mass is 10.1. The fourth-order valence-corrected chi connectivity index (χ4v) is 2.86. The monoisotopic (exact) mass is 282 g/mol. The lowest BCUT2D eigenvalue weighted by molar-refractivity contribution is 0.688. The van der Waals surface area contributed by atoms with Crippen molar-refractivity contribution < 1.29 is 0 Å². The molecule has 0 saturated heterocycles. The van der Waals surface area contributed by atoms with Crippen molar-refractivity contribution in [1.82, 2.24) is 4.98 Å². The Morgan fingerprint density at radius 3 is 2.70 bits per heavy atom. The van der Waals surface area contributed by atoms with E-state index in [2.05, 4.69) is 72.0 Å². The molecule has 0 amide bonds. The number of anilines is 1. The standard InChI is InChI=1S/C17H18N2S/c1-12(2)10-18-17-19-16(11-20-17)15-8-7-13-5-3-4-6-14(13)9-15/h3-9,11-12H,10H2,1-2H3,(H,18,19). The molecule has 0 saturated carbocycles. The molecular weight excluding hydrogens is 264 g/mol. The molecule has 3 heteroatoms. The van der Waals surface area contributed by atoms with Crippen LogP contribution in [-0.2, 0) is 0 Å². The molecule has 3 rings (SSSR count). The van der Waals surface area contributed by atoms with E-state index >= 15 is 0 Å². The van der Waals surface area contributed by atoms with E-state index in [4.69, 9.17) is 0 Å². The second kappa shape index (κ2) is 5.63. The number of aromatic nitrogens is 1. The largest absolute Gasteiger partial charge is 0.361 e. The second-order valence-electron chi connectivity index (χ2n) is 5.37. The summed E-state index contributed by atoms with van der Waals surface area (Å²) in [5.41, 5.74) is 2.23. The zero-order chi connectivity index (χ0) is 13.9. The van der Waals surface area contributed by atoms with Crippen LogP contribution in [0.4, 0.5) is 5.13 Å². The average Bonchev–Trinajstić information content (AvgIpc) is 2.93. The lowest BCUT2D eigenvalue weighted by Gasteiger charge is -2.04. The topological polar surface area (TPSA) is 24.9 Å². The highest BCUT2D eigenvalue weighted by Gasteiger charge is 2.05. The predicted molar refractivity (Wildman–Crippen MR) is 88.4 cm³/mol. The van der Waals surface area contributed by atoms with Crippen LogP contribution in [0.15, 0.2) is 47.8 Å². The fraction of sp³-hybridized carbons (Fsp3) is 0.235. The third kappa shape index (κ3) is 2.83. The summed E-state index contributed by atoms with van der Waals surface area (Å²) >= 11 is 1.67. The molecule has 0 aliphatic carbocycles. The summed E-state index contributed by atoms with van der Waals surface area (Å²) in [7, 11) is 0. The lowest BCUT2D eigenvalue weighted by Crippen LogP contribution is -2.07. The van der Waals surface area contributed by atoms with Gasteiger partial charge in [0.15, 0.2) is 5.13 Å². The summed E-state index contributed by atoms with van der Waals surface area (Å²) in [5, 5.41) is 9.03. The molecule has 0 atom stereocenters. The molecule has 0 fully saturated rings. The van der Waals surface area contributed by atoms with Gasteiger partial charge >= 0.3 is 0 Å². The van der Waals surface area contributed by atoms with Crippen molar-refractivity contribution in [3.8, 4) is 11.3 Å². The number of thiazole rings is 1. The zero-order valence-electron chi connectivity index (χ0n) is 11.8. The Morgan fingerprint density at radius 2 is 1.90 bits per heavy atom. The van der Waals surface area contributed by atoms with Crippen LogP contribution in [0.3, 0.4) is 0 Å². The molecule has 0 aliphatic rings. The molecule has 102 valence electrons. The van der Waals surface area contributed by atoms with E-state index in [1.54, 1.807) is 11.3 Å². The fourth-order valence-electron chi connectivity index (χ4n) is 2.13. The first-order valence-electron chi connectivity index (χ1n) is 6.91. The molecule has 2 nitrogen and oxygen atoms in total. The Morgan fingerprint density at radius 1 is 1.10 bits per heavy atom. The minimum atomic E-state index is 0.628. The second-order valence-corrected chi connectivity index (χ2v) is 6.23. The third-order valence-corrected chi connectivity index (χ3v) is 4.01. The normalized spacial score (nSPS) is 11.2. The SMILES string of the molecule is CC(C)CNc1nc(-c2ccc3ccccc3c2)cs1. The van der Waals surface area contributed by atoms with Crippen LogP contribution in [0, 0.1) is 5.92 Å². The molecule has 0 spiro atoms. The van der Waals surface area contributed by atoms with E-state index in [9.17, 15) is 0 Å². The summed E-state index contributed by atoms with van der Waals surface area (Å²) in [6.45, 7) is 5.36. The van der Waals surface area contributed by atoms with Gasteiger partial charge in [-0.1, -0.05) is 50.2 Å². The highest BCUT2D eigenvalue weighted by Crippen LogP contribution is 2.27. The van der Waals surface area contributed by atoms with E-state index in [-0.39, 0.29) is 0 Å². The molecule has 1 heterocycles. The van der Waals surface area contributed by atoms with Gasteiger partial charge in [0, 0.05) is 17.5 Å². The first-order valence-corrected chi connectivity index (χ1v) is 7.79. The Balaban J connectivity index is 1.87. The van der Waals surface area contributed by atoms with Crippen molar-refractivity contribution in [2.45, 2.75) is 13.8 Å². The highest BCUT2D eigenvalue weighted by atomic mass is 32.1. The molecule has 0 aliphatic heterocycles. The van der Waals surface area contributed by atoms with Crippen LogP contribution < -0.4 is 5.32 Å². The minimum absolute atomic E-state index is 0.628. The highest BCUT2D eigenvalue weighted by molar-refractivity contribution is 7.14. The van der Waals surface area contributed by atoms with Gasteiger partial charge in [-0.2, -0.15) is 0 Å². The average molecular weight is 282 g/mol. The minimum Gasteiger partial charge on any atom is -0.361 e. The van der Waals surface area contributed by atoms with Gasteiger partial charge in [0.2, 0.25) is 0 Å². The van der Waals surface area contributed by atoms with Crippen molar-refractivity contribution in [3.63, 3.8) is 0 Å². The van der Waals surface area contributed by atoms with Gasteiger partial charge in [-0.3, -0.25) is 0 Å². The van der Waals surface area contributed by atoms with Crippen LogP contribution in [0.1, 0.15) is 13.8 Å². The van der Waals surface area contributed by atoms with Gasteiger partial charge in [0.25, 0.3) is 0 Å². The van der Waals surface area contributed by atoms with Gasteiger partial charge in [0.05, 0.1) is 5.69 Å². The van der Waals surface area contributed by atoms with Crippen molar-refractivity contribution >= 4 is 27.2 Å².